The first-order valence-electron chi connectivity index (χ1n) is 13.3. The molecular weight excluding hydrogens is 592 g/mol. The lowest BCUT2D eigenvalue weighted by atomic mass is 9.84. The number of rotatable bonds is 9. The monoisotopic (exact) mass is 619 g/mol. The normalized spacial score (nSPS) is 17.2. The van der Waals surface area contributed by atoms with Gasteiger partial charge >= 0.3 is 5.97 Å². The van der Waals surface area contributed by atoms with E-state index >= 15 is 0 Å². The molecule has 2 aliphatic rings. The van der Waals surface area contributed by atoms with Crippen LogP contribution in [0, 0.1) is 11.7 Å². The minimum atomic E-state index is -1.22. The molecule has 3 aromatic carbocycles. The number of nitrogens with zero attached hydrogens (tertiary/aromatic N) is 1. The topological polar surface area (TPSA) is 90.2 Å². The summed E-state index contributed by atoms with van der Waals surface area (Å²) in [6.45, 7) is 0.879. The predicted octanol–water partition coefficient (Wildman–Crippen LogP) is 7.82. The fourth-order valence-electron chi connectivity index (χ4n) is 5.19. The second-order valence-electron chi connectivity index (χ2n) is 10.6. The summed E-state index contributed by atoms with van der Waals surface area (Å²) in [4.78, 5) is 13.2. The van der Waals surface area contributed by atoms with Crippen molar-refractivity contribution in [3.05, 3.63) is 104 Å². The van der Waals surface area contributed by atoms with Crippen LogP contribution in [0.4, 0.5) is 10.1 Å². The number of carboxylic acids is 1. The van der Waals surface area contributed by atoms with Crippen molar-refractivity contribution in [2.24, 2.45) is 5.92 Å². The van der Waals surface area contributed by atoms with Gasteiger partial charge in [0.25, 0.3) is 0 Å². The lowest BCUT2D eigenvalue weighted by Gasteiger charge is -2.40. The van der Waals surface area contributed by atoms with E-state index in [1.165, 1.54) is 12.1 Å². The zero-order valence-corrected chi connectivity index (χ0v) is 24.3. The van der Waals surface area contributed by atoms with E-state index in [2.05, 4.69) is 0 Å². The van der Waals surface area contributed by atoms with Gasteiger partial charge in [-0.05, 0) is 73.7 Å². The van der Waals surface area contributed by atoms with E-state index < -0.39 is 17.4 Å². The summed E-state index contributed by atoms with van der Waals surface area (Å²) < 4.78 is 20.0. The molecule has 2 fully saturated rings. The molecule has 1 heterocycles. The molecule has 0 unspecified atom stereocenters. The molecule has 10 heteroatoms. The van der Waals surface area contributed by atoms with Gasteiger partial charge in [-0.2, -0.15) is 0 Å². The maximum Gasteiger partial charge on any atom is 0.335 e. The molecule has 41 heavy (non-hydrogen) atoms. The highest BCUT2D eigenvalue weighted by Crippen LogP contribution is 2.41. The molecule has 1 saturated heterocycles. The molecule has 0 radical (unpaired) electrons. The van der Waals surface area contributed by atoms with Gasteiger partial charge in [0.2, 0.25) is 0 Å². The summed E-state index contributed by atoms with van der Waals surface area (Å²) in [5, 5.41) is 32.9. The second kappa shape index (κ2) is 12.1. The van der Waals surface area contributed by atoms with Crippen LogP contribution in [0.3, 0.4) is 0 Å². The molecule has 1 saturated carbocycles. The van der Waals surface area contributed by atoms with E-state index in [4.69, 9.17) is 39.5 Å². The number of halogens is 4. The zero-order chi connectivity index (χ0) is 29.3. The van der Waals surface area contributed by atoms with Gasteiger partial charge in [0.1, 0.15) is 18.2 Å². The van der Waals surface area contributed by atoms with Crippen LogP contribution >= 0.6 is 34.8 Å². The van der Waals surface area contributed by atoms with Gasteiger partial charge in [-0.1, -0.05) is 46.9 Å². The fourth-order valence-corrected chi connectivity index (χ4v) is 6.07. The van der Waals surface area contributed by atoms with Gasteiger partial charge in [0.15, 0.2) is 0 Å². The van der Waals surface area contributed by atoms with Gasteiger partial charge in [-0.15, -0.1) is 0 Å². The van der Waals surface area contributed by atoms with E-state index in [0.717, 1.165) is 24.5 Å². The van der Waals surface area contributed by atoms with Crippen molar-refractivity contribution in [1.29, 1.82) is 0 Å². The van der Waals surface area contributed by atoms with Crippen LogP contribution in [0.5, 0.6) is 5.75 Å². The molecule has 5 rings (SSSR count). The Kier molecular flexibility index (Phi) is 8.71. The van der Waals surface area contributed by atoms with Crippen LogP contribution in [-0.2, 0) is 12.0 Å². The Labute approximate surface area is 252 Å². The quantitative estimate of drug-likeness (QED) is 0.211. The Morgan fingerprint density at radius 2 is 1.66 bits per heavy atom. The number of hydrogen-bond acceptors (Lipinski definition) is 5. The van der Waals surface area contributed by atoms with Crippen molar-refractivity contribution >= 4 is 46.5 Å². The van der Waals surface area contributed by atoms with Crippen molar-refractivity contribution in [3.8, 4) is 5.75 Å². The summed E-state index contributed by atoms with van der Waals surface area (Å²) in [6.07, 6.45) is 2.81. The minimum Gasteiger partial charge on any atom is -0.512 e. The number of aliphatic hydroxyl groups excluding tert-OH is 1. The van der Waals surface area contributed by atoms with Crippen LogP contribution in [0.1, 0.15) is 47.2 Å². The lowest BCUT2D eigenvalue weighted by Crippen LogP contribution is -2.42. The number of carboxylic acid groups (broad SMARTS) is 1. The number of anilines is 1. The lowest BCUT2D eigenvalue weighted by molar-refractivity contribution is 0.0118. The molecule has 216 valence electrons. The van der Waals surface area contributed by atoms with E-state index in [-0.39, 0.29) is 18.1 Å². The highest BCUT2D eigenvalue weighted by atomic mass is 35.5. The van der Waals surface area contributed by atoms with Crippen molar-refractivity contribution < 1.29 is 29.2 Å². The first-order valence-corrected chi connectivity index (χ1v) is 14.5. The number of carbonyl (C=O) groups is 1. The van der Waals surface area contributed by atoms with Gasteiger partial charge < -0.3 is 25.0 Å². The Bertz CT molecular complexity index is 1480. The van der Waals surface area contributed by atoms with Crippen molar-refractivity contribution in [2.75, 3.05) is 24.6 Å². The van der Waals surface area contributed by atoms with Gasteiger partial charge in [0, 0.05) is 52.3 Å². The van der Waals surface area contributed by atoms with Crippen LogP contribution in [-0.4, -0.2) is 41.0 Å². The molecule has 0 atom stereocenters. The average molecular weight is 621 g/mol. The first-order chi connectivity index (χ1) is 19.5. The Balaban J connectivity index is 1.27. The Morgan fingerprint density at radius 3 is 2.27 bits per heavy atom. The number of ether oxygens (including phenoxy) is 1. The van der Waals surface area contributed by atoms with E-state index in [0.29, 0.717) is 75.8 Å². The number of aromatic carboxylic acids is 1. The van der Waals surface area contributed by atoms with E-state index in [1.54, 1.807) is 36.4 Å². The molecule has 3 N–H and O–H groups in total. The summed E-state index contributed by atoms with van der Waals surface area (Å²) in [7, 11) is 0. The molecule has 1 aliphatic heterocycles. The fraction of sp³-hybridized carbons (Fsp3) is 0.323. The molecule has 6 nitrogen and oxygen atoms in total. The van der Waals surface area contributed by atoms with Gasteiger partial charge in [0.05, 0.1) is 21.9 Å². The molecule has 0 aromatic heterocycles. The van der Waals surface area contributed by atoms with E-state index in [9.17, 15) is 24.5 Å². The van der Waals surface area contributed by atoms with Crippen LogP contribution in [0.25, 0.3) is 0 Å². The Morgan fingerprint density at radius 1 is 0.976 bits per heavy atom. The second-order valence-corrected chi connectivity index (χ2v) is 11.8. The maximum absolute atomic E-state index is 14.0. The summed E-state index contributed by atoms with van der Waals surface area (Å²) in [5.74, 6) is -0.932. The highest BCUT2D eigenvalue weighted by Gasteiger charge is 2.36. The zero-order valence-electron chi connectivity index (χ0n) is 22.0. The SMILES string of the molecule is O=C(O)c1cc(F)cc(N2CCC(O)(c3ccc(OC/C(Cc4c(Cl)cccc4Cl)=C(/O)C4CC4)cc3Cl)CC2)c1. The minimum absolute atomic E-state index is 0.115. The summed E-state index contributed by atoms with van der Waals surface area (Å²) in [6, 6.07) is 14.1. The third-order valence-corrected chi connectivity index (χ3v) is 8.74. The number of allylic oxidation sites excluding steroid dienone is 1. The number of piperidine rings is 1. The summed E-state index contributed by atoms with van der Waals surface area (Å²) in [5.41, 5.74) is 1.08. The molecular formula is C31H29Cl3FNO5. The molecule has 0 bridgehead atoms. The smallest absolute Gasteiger partial charge is 0.335 e. The molecule has 1 aliphatic carbocycles. The average Bonchev–Trinajstić information content (AvgIpc) is 3.78. The van der Waals surface area contributed by atoms with Crippen molar-refractivity contribution in [2.45, 2.75) is 37.7 Å². The largest absolute Gasteiger partial charge is 0.512 e. The Hall–Kier alpha value is -2.97. The van der Waals surface area contributed by atoms with Crippen LogP contribution in [0.15, 0.2) is 65.9 Å². The third kappa shape index (κ3) is 6.75. The standard InChI is InChI=1S/C31H29Cl3FNO5/c32-26-2-1-3-27(33)24(26)14-20(29(37)18-4-5-18)17-41-23-6-7-25(28(34)16-23)31(40)8-10-36(11-9-31)22-13-19(30(38)39)12-21(35)15-22/h1-3,6-7,12-13,15-16,18,37,40H,4-5,8-11,14,17H2,(H,38,39)/b29-20+. The third-order valence-electron chi connectivity index (χ3n) is 7.72. The molecule has 0 amide bonds. The number of aliphatic hydroxyl groups is 2. The van der Waals surface area contributed by atoms with Crippen molar-refractivity contribution in [3.63, 3.8) is 0 Å². The van der Waals surface area contributed by atoms with Gasteiger partial charge in [-0.3, -0.25) is 0 Å². The van der Waals surface area contributed by atoms with Gasteiger partial charge in [-0.25, -0.2) is 9.18 Å². The van der Waals surface area contributed by atoms with Crippen LogP contribution in [0.2, 0.25) is 15.1 Å². The number of hydrogen-bond donors (Lipinski definition) is 3. The maximum atomic E-state index is 14.0. The van der Waals surface area contributed by atoms with Crippen molar-refractivity contribution in [1.82, 2.24) is 0 Å². The van der Waals surface area contributed by atoms with E-state index in [1.807, 2.05) is 4.90 Å². The van der Waals surface area contributed by atoms with Crippen LogP contribution < -0.4 is 9.64 Å². The first kappa shape index (κ1) is 29.5. The highest BCUT2D eigenvalue weighted by molar-refractivity contribution is 6.36. The molecule has 3 aromatic rings. The summed E-state index contributed by atoms with van der Waals surface area (Å²) >= 11 is 19.4. The predicted molar refractivity (Wildman–Crippen MR) is 158 cm³/mol. The molecule has 0 spiro atoms. The number of benzene rings is 3.